The molecule has 20 heavy (non-hydrogen) atoms. The van der Waals surface area contributed by atoms with Crippen LogP contribution in [0.15, 0.2) is 22.7 Å². The van der Waals surface area contributed by atoms with Crippen LogP contribution in [0.3, 0.4) is 0 Å². The first kappa shape index (κ1) is 15.8. The third-order valence-electron chi connectivity index (χ3n) is 4.35. The van der Waals surface area contributed by atoms with E-state index in [2.05, 4.69) is 28.2 Å². The molecular formula is C15H20BrClN2O. The summed E-state index contributed by atoms with van der Waals surface area (Å²) in [5.74, 6) is 0.279. The molecule has 2 unspecified atom stereocenters. The largest absolute Gasteiger partial charge is 0.345 e. The molecule has 0 aromatic heterocycles. The molecule has 0 heterocycles. The van der Waals surface area contributed by atoms with Gasteiger partial charge in [-0.3, -0.25) is 4.79 Å². The summed E-state index contributed by atoms with van der Waals surface area (Å²) in [6.07, 6.45) is 4.36. The SMILES string of the molecule is CC1CCCCC1(CN)NC(=O)c1cc(Cl)ccc1Br. The number of nitrogens with one attached hydrogen (secondary N) is 1. The predicted octanol–water partition coefficient (Wildman–Crippen LogP) is 3.74. The van der Waals surface area contributed by atoms with Gasteiger partial charge in [-0.25, -0.2) is 0 Å². The van der Waals surface area contributed by atoms with Gasteiger partial charge in [0.1, 0.15) is 0 Å². The van der Waals surface area contributed by atoms with Crippen molar-refractivity contribution in [3.8, 4) is 0 Å². The normalized spacial score (nSPS) is 26.3. The van der Waals surface area contributed by atoms with E-state index >= 15 is 0 Å². The van der Waals surface area contributed by atoms with E-state index in [0.29, 0.717) is 23.0 Å². The molecule has 0 saturated heterocycles. The highest BCUT2D eigenvalue weighted by atomic mass is 79.9. The minimum atomic E-state index is -0.295. The van der Waals surface area contributed by atoms with Crippen LogP contribution in [0, 0.1) is 5.92 Å². The minimum absolute atomic E-state index is 0.112. The number of amides is 1. The maximum Gasteiger partial charge on any atom is 0.252 e. The van der Waals surface area contributed by atoms with Gasteiger partial charge in [-0.05, 0) is 52.9 Å². The van der Waals surface area contributed by atoms with Crippen molar-refractivity contribution in [2.45, 2.75) is 38.1 Å². The summed E-state index contributed by atoms with van der Waals surface area (Å²) < 4.78 is 0.745. The Bertz CT molecular complexity index is 509. The summed E-state index contributed by atoms with van der Waals surface area (Å²) in [6.45, 7) is 2.64. The van der Waals surface area contributed by atoms with Crippen molar-refractivity contribution in [2.24, 2.45) is 11.7 Å². The van der Waals surface area contributed by atoms with E-state index in [4.69, 9.17) is 17.3 Å². The third kappa shape index (κ3) is 3.18. The van der Waals surface area contributed by atoms with Gasteiger partial charge in [0.05, 0.1) is 11.1 Å². The summed E-state index contributed by atoms with van der Waals surface area (Å²) in [5.41, 5.74) is 6.23. The smallest absolute Gasteiger partial charge is 0.252 e. The summed E-state index contributed by atoms with van der Waals surface area (Å²) in [4.78, 5) is 12.5. The molecule has 1 aliphatic rings. The lowest BCUT2D eigenvalue weighted by molar-refractivity contribution is 0.0812. The van der Waals surface area contributed by atoms with Gasteiger partial charge in [0.25, 0.3) is 5.91 Å². The Morgan fingerprint density at radius 3 is 2.95 bits per heavy atom. The maximum atomic E-state index is 12.5. The second-order valence-electron chi connectivity index (χ2n) is 5.59. The first-order chi connectivity index (χ1) is 9.48. The van der Waals surface area contributed by atoms with Crippen LogP contribution >= 0.6 is 27.5 Å². The first-order valence-electron chi connectivity index (χ1n) is 6.96. The van der Waals surface area contributed by atoms with E-state index in [9.17, 15) is 4.79 Å². The fourth-order valence-corrected chi connectivity index (χ4v) is 3.52. The van der Waals surface area contributed by atoms with Crippen LogP contribution < -0.4 is 11.1 Å². The number of hydrogen-bond acceptors (Lipinski definition) is 2. The highest BCUT2D eigenvalue weighted by molar-refractivity contribution is 9.10. The second-order valence-corrected chi connectivity index (χ2v) is 6.88. The highest BCUT2D eigenvalue weighted by Crippen LogP contribution is 2.33. The predicted molar refractivity (Wildman–Crippen MR) is 86.0 cm³/mol. The standard InChI is InChI=1S/C15H20BrClN2O/c1-10-4-2-3-7-15(10,9-18)19-14(20)12-8-11(17)5-6-13(12)16/h5-6,8,10H,2-4,7,9,18H2,1H3,(H,19,20). The maximum absolute atomic E-state index is 12.5. The van der Waals surface area contributed by atoms with E-state index in [0.717, 1.165) is 23.7 Å². The molecule has 1 aromatic carbocycles. The lowest BCUT2D eigenvalue weighted by atomic mass is 9.73. The Hall–Kier alpha value is -0.580. The number of carbonyl (C=O) groups excluding carboxylic acids is 1. The number of nitrogens with two attached hydrogens (primary N) is 1. The quantitative estimate of drug-likeness (QED) is 0.864. The molecule has 1 fully saturated rings. The molecule has 0 radical (unpaired) electrons. The molecule has 3 N–H and O–H groups in total. The van der Waals surface area contributed by atoms with Crippen LogP contribution in [-0.2, 0) is 0 Å². The van der Waals surface area contributed by atoms with Crippen molar-refractivity contribution in [2.75, 3.05) is 6.54 Å². The van der Waals surface area contributed by atoms with Gasteiger partial charge in [0.2, 0.25) is 0 Å². The van der Waals surface area contributed by atoms with Crippen molar-refractivity contribution >= 4 is 33.4 Å². The van der Waals surface area contributed by atoms with E-state index in [1.807, 2.05) is 0 Å². The Balaban J connectivity index is 2.23. The molecule has 2 rings (SSSR count). The second kappa shape index (κ2) is 6.46. The molecular weight excluding hydrogens is 340 g/mol. The number of carbonyl (C=O) groups is 1. The van der Waals surface area contributed by atoms with Crippen molar-refractivity contribution in [1.29, 1.82) is 0 Å². The third-order valence-corrected chi connectivity index (χ3v) is 5.28. The van der Waals surface area contributed by atoms with Gasteiger partial charge in [-0.2, -0.15) is 0 Å². The molecule has 0 spiro atoms. The zero-order valence-corrected chi connectivity index (χ0v) is 13.9. The Morgan fingerprint density at radius 1 is 1.55 bits per heavy atom. The van der Waals surface area contributed by atoms with E-state index in [-0.39, 0.29) is 11.4 Å². The van der Waals surface area contributed by atoms with Gasteiger partial charge >= 0.3 is 0 Å². The number of halogens is 2. The Kier molecular flexibility index (Phi) is 5.10. The molecule has 1 aromatic rings. The fraction of sp³-hybridized carbons (Fsp3) is 0.533. The van der Waals surface area contributed by atoms with Crippen LogP contribution in [0.5, 0.6) is 0 Å². The number of benzene rings is 1. The van der Waals surface area contributed by atoms with Crippen LogP contribution in [0.4, 0.5) is 0 Å². The zero-order valence-electron chi connectivity index (χ0n) is 11.6. The molecule has 0 bridgehead atoms. The van der Waals surface area contributed by atoms with Crippen LogP contribution in [0.25, 0.3) is 0 Å². The lowest BCUT2D eigenvalue weighted by Gasteiger charge is -2.42. The molecule has 1 aliphatic carbocycles. The van der Waals surface area contributed by atoms with Crippen LogP contribution in [0.2, 0.25) is 5.02 Å². The minimum Gasteiger partial charge on any atom is -0.345 e. The van der Waals surface area contributed by atoms with E-state index < -0.39 is 0 Å². The molecule has 2 atom stereocenters. The summed E-state index contributed by atoms with van der Waals surface area (Å²) in [6, 6.07) is 5.22. The molecule has 1 saturated carbocycles. The van der Waals surface area contributed by atoms with Gasteiger partial charge in [-0.15, -0.1) is 0 Å². The summed E-state index contributed by atoms with van der Waals surface area (Å²) in [7, 11) is 0. The van der Waals surface area contributed by atoms with Crippen molar-refractivity contribution in [1.82, 2.24) is 5.32 Å². The van der Waals surface area contributed by atoms with Gasteiger partial charge < -0.3 is 11.1 Å². The number of hydrogen-bond donors (Lipinski definition) is 2. The number of rotatable bonds is 3. The molecule has 5 heteroatoms. The van der Waals surface area contributed by atoms with Crippen molar-refractivity contribution < 1.29 is 4.79 Å². The van der Waals surface area contributed by atoms with E-state index in [1.165, 1.54) is 6.42 Å². The van der Waals surface area contributed by atoms with Gasteiger partial charge in [0.15, 0.2) is 0 Å². The molecule has 0 aliphatic heterocycles. The summed E-state index contributed by atoms with van der Waals surface area (Å²) in [5, 5.41) is 3.72. The molecule has 3 nitrogen and oxygen atoms in total. The zero-order chi connectivity index (χ0) is 14.8. The van der Waals surface area contributed by atoms with Crippen molar-refractivity contribution in [3.63, 3.8) is 0 Å². The topological polar surface area (TPSA) is 55.1 Å². The highest BCUT2D eigenvalue weighted by Gasteiger charge is 2.38. The summed E-state index contributed by atoms with van der Waals surface area (Å²) >= 11 is 9.38. The van der Waals surface area contributed by atoms with Gasteiger partial charge in [0, 0.05) is 16.0 Å². The average molecular weight is 360 g/mol. The molecule has 1 amide bonds. The fourth-order valence-electron chi connectivity index (χ4n) is 2.92. The van der Waals surface area contributed by atoms with Crippen molar-refractivity contribution in [3.05, 3.63) is 33.3 Å². The van der Waals surface area contributed by atoms with E-state index in [1.54, 1.807) is 18.2 Å². The molecule has 110 valence electrons. The average Bonchev–Trinajstić information content (AvgIpc) is 2.44. The lowest BCUT2D eigenvalue weighted by Crippen LogP contribution is -2.59. The Labute approximate surface area is 133 Å². The Morgan fingerprint density at radius 2 is 2.30 bits per heavy atom. The van der Waals surface area contributed by atoms with Crippen LogP contribution in [-0.4, -0.2) is 18.0 Å². The monoisotopic (exact) mass is 358 g/mol. The first-order valence-corrected chi connectivity index (χ1v) is 8.13. The van der Waals surface area contributed by atoms with Gasteiger partial charge in [-0.1, -0.05) is 31.4 Å². The van der Waals surface area contributed by atoms with Crippen LogP contribution in [0.1, 0.15) is 43.0 Å².